The molecule has 1 aliphatic carbocycles. The molecule has 7 heteroatoms. The van der Waals surface area contributed by atoms with E-state index in [0.29, 0.717) is 25.5 Å². The summed E-state index contributed by atoms with van der Waals surface area (Å²) in [7, 11) is -3.35. The number of sulfonamides is 1. The zero-order valence-corrected chi connectivity index (χ0v) is 26.9. The number of nitrogens with zero attached hydrogens (tertiary/aromatic N) is 1. The third-order valence-corrected chi connectivity index (χ3v) is 10.9. The molecular weight excluding hydrogens is 568 g/mol. The monoisotopic (exact) mass is 614 g/mol. The zero-order chi connectivity index (χ0) is 30.5. The van der Waals surface area contributed by atoms with Crippen LogP contribution in [-0.4, -0.2) is 43.8 Å². The molecule has 0 bridgehead atoms. The molecule has 4 unspecified atom stereocenters. The van der Waals surface area contributed by atoms with Crippen molar-refractivity contribution in [1.82, 2.24) is 9.62 Å². The molecule has 3 aliphatic rings. The van der Waals surface area contributed by atoms with E-state index in [4.69, 9.17) is 9.47 Å². The number of hydrogen-bond acceptors (Lipinski definition) is 5. The van der Waals surface area contributed by atoms with Crippen molar-refractivity contribution in [2.75, 3.05) is 12.3 Å². The van der Waals surface area contributed by atoms with Crippen molar-refractivity contribution in [1.29, 1.82) is 0 Å². The minimum absolute atomic E-state index is 0.0994. The maximum atomic E-state index is 12.9. The molecule has 6 nitrogen and oxygen atoms in total. The predicted octanol–water partition coefficient (Wildman–Crippen LogP) is 7.42. The van der Waals surface area contributed by atoms with E-state index >= 15 is 0 Å². The van der Waals surface area contributed by atoms with Crippen LogP contribution in [0.4, 0.5) is 0 Å². The Morgan fingerprint density at radius 3 is 2.48 bits per heavy atom. The second-order valence-corrected chi connectivity index (χ2v) is 14.5. The van der Waals surface area contributed by atoms with Crippen molar-refractivity contribution in [3.05, 3.63) is 107 Å². The van der Waals surface area contributed by atoms with Crippen LogP contribution in [0.2, 0.25) is 0 Å². The fraction of sp³-hybridized carbons (Fsp3) is 0.459. The van der Waals surface area contributed by atoms with Crippen LogP contribution in [0.25, 0.3) is 5.57 Å². The number of benzene rings is 3. The molecule has 0 radical (unpaired) electrons. The Morgan fingerprint density at radius 2 is 1.73 bits per heavy atom. The molecule has 3 aromatic rings. The van der Waals surface area contributed by atoms with Gasteiger partial charge in [0.2, 0.25) is 10.0 Å². The van der Waals surface area contributed by atoms with Gasteiger partial charge in [0.05, 0.1) is 11.9 Å². The lowest BCUT2D eigenvalue weighted by molar-refractivity contribution is 0.143. The van der Waals surface area contributed by atoms with Gasteiger partial charge in [-0.05, 0) is 92.8 Å². The van der Waals surface area contributed by atoms with E-state index in [2.05, 4.69) is 77.2 Å². The van der Waals surface area contributed by atoms with Crippen molar-refractivity contribution in [2.45, 2.75) is 96.1 Å². The van der Waals surface area contributed by atoms with Crippen LogP contribution in [0.15, 0.2) is 84.6 Å². The number of fused-ring (bicyclic) bond motifs is 6. The highest BCUT2D eigenvalue weighted by Crippen LogP contribution is 2.50. The Bertz CT molecular complexity index is 1540. The molecule has 6 rings (SSSR count). The molecule has 234 valence electrons. The number of aryl methyl sites for hydroxylation is 1. The summed E-state index contributed by atoms with van der Waals surface area (Å²) in [4.78, 5) is 2.59. The molecule has 0 aromatic heterocycles. The maximum absolute atomic E-state index is 12.9. The van der Waals surface area contributed by atoms with Crippen LogP contribution < -0.4 is 9.46 Å². The number of rotatable bonds is 13. The Morgan fingerprint density at radius 1 is 0.977 bits per heavy atom. The summed E-state index contributed by atoms with van der Waals surface area (Å²) in [5.41, 5.74) is 6.22. The van der Waals surface area contributed by atoms with Crippen LogP contribution in [0.3, 0.4) is 0 Å². The lowest BCUT2D eigenvalue weighted by atomic mass is 9.77. The Labute approximate surface area is 263 Å². The summed E-state index contributed by atoms with van der Waals surface area (Å²) in [5, 5.41) is 0. The standard InChI is InChI=1S/C37H46N2O4S/c1-3-22-44(40,41)38-30-23-35-37(36(24-30)42-26-29-15-8-5-9-16-29)33-25-31(19-20-32(33)34-18-11-21-39(34)35)43-27(2)12-10-17-28-13-6-4-7-14-28/h4-9,13-16,19-20,25,27,30,34-35,38H,3,10-12,17-18,21-24,26H2,1-2H3. The van der Waals surface area contributed by atoms with Gasteiger partial charge in [0, 0.05) is 30.1 Å². The van der Waals surface area contributed by atoms with E-state index in [9.17, 15) is 8.42 Å². The maximum Gasteiger partial charge on any atom is 0.211 e. The van der Waals surface area contributed by atoms with Gasteiger partial charge in [-0.2, -0.15) is 0 Å². The zero-order valence-electron chi connectivity index (χ0n) is 26.1. The Kier molecular flexibility index (Phi) is 9.74. The number of ether oxygens (including phenoxy) is 2. The van der Waals surface area contributed by atoms with Gasteiger partial charge in [-0.1, -0.05) is 73.7 Å². The Balaban J connectivity index is 1.29. The molecule has 0 saturated carbocycles. The molecule has 44 heavy (non-hydrogen) atoms. The highest BCUT2D eigenvalue weighted by molar-refractivity contribution is 7.89. The normalized spacial score (nSPS) is 22.2. The van der Waals surface area contributed by atoms with E-state index in [1.165, 1.54) is 22.3 Å². The first-order chi connectivity index (χ1) is 21.4. The smallest absolute Gasteiger partial charge is 0.211 e. The van der Waals surface area contributed by atoms with Crippen LogP contribution in [0.1, 0.15) is 87.1 Å². The molecule has 4 atom stereocenters. The molecule has 1 N–H and O–H groups in total. The first-order valence-electron chi connectivity index (χ1n) is 16.4. The fourth-order valence-electron chi connectivity index (χ4n) is 7.33. The quantitative estimate of drug-likeness (QED) is 0.217. The van der Waals surface area contributed by atoms with Crippen molar-refractivity contribution in [2.24, 2.45) is 0 Å². The van der Waals surface area contributed by atoms with Crippen molar-refractivity contribution >= 4 is 15.6 Å². The second kappa shape index (κ2) is 13.9. The third-order valence-electron chi connectivity index (χ3n) is 9.27. The summed E-state index contributed by atoms with van der Waals surface area (Å²) in [6.45, 7) is 5.53. The van der Waals surface area contributed by atoms with Crippen LogP contribution in [0, 0.1) is 0 Å². The van der Waals surface area contributed by atoms with Crippen molar-refractivity contribution in [3.8, 4) is 5.75 Å². The number of nitrogens with one attached hydrogen (secondary N) is 1. The summed E-state index contributed by atoms with van der Waals surface area (Å²) < 4.78 is 41.9. The first-order valence-corrected chi connectivity index (χ1v) is 18.1. The van der Waals surface area contributed by atoms with Crippen molar-refractivity contribution in [3.63, 3.8) is 0 Å². The van der Waals surface area contributed by atoms with Gasteiger partial charge in [0.15, 0.2) is 0 Å². The molecule has 0 amide bonds. The van der Waals surface area contributed by atoms with Gasteiger partial charge < -0.3 is 9.47 Å². The van der Waals surface area contributed by atoms with E-state index in [1.54, 1.807) is 0 Å². The molecule has 1 fully saturated rings. The molecule has 3 aromatic carbocycles. The lowest BCUT2D eigenvalue weighted by Crippen LogP contribution is -2.49. The van der Waals surface area contributed by atoms with Gasteiger partial charge in [-0.3, -0.25) is 4.90 Å². The molecule has 2 aliphatic heterocycles. The topological polar surface area (TPSA) is 67.9 Å². The Hall–Kier alpha value is -3.13. The van der Waals surface area contributed by atoms with Crippen LogP contribution in [0.5, 0.6) is 5.75 Å². The van der Waals surface area contributed by atoms with Gasteiger partial charge in [0.25, 0.3) is 0 Å². The summed E-state index contributed by atoms with van der Waals surface area (Å²) >= 11 is 0. The summed E-state index contributed by atoms with van der Waals surface area (Å²) in [5.74, 6) is 1.93. The molecule has 0 spiro atoms. The molecule has 1 saturated heterocycles. The highest BCUT2D eigenvalue weighted by Gasteiger charge is 2.45. The van der Waals surface area contributed by atoms with E-state index in [-0.39, 0.29) is 23.9 Å². The van der Waals surface area contributed by atoms with Crippen LogP contribution >= 0.6 is 0 Å². The SMILES string of the molecule is CCCS(=O)(=O)NC1CC(OCc2ccccc2)=C2c3cc(OC(C)CCCc4ccccc4)ccc3C3CCCN3C2C1. The van der Waals surface area contributed by atoms with Crippen LogP contribution in [-0.2, 0) is 27.8 Å². The van der Waals surface area contributed by atoms with E-state index in [1.807, 2.05) is 25.1 Å². The first kappa shape index (κ1) is 30.9. The minimum atomic E-state index is -3.35. The number of hydrogen-bond donors (Lipinski definition) is 1. The van der Waals surface area contributed by atoms with Gasteiger partial charge in [-0.15, -0.1) is 0 Å². The largest absolute Gasteiger partial charge is 0.493 e. The van der Waals surface area contributed by atoms with E-state index in [0.717, 1.165) is 62.1 Å². The second-order valence-electron chi connectivity index (χ2n) is 12.7. The summed E-state index contributed by atoms with van der Waals surface area (Å²) in [6.07, 6.45) is 7.34. The highest BCUT2D eigenvalue weighted by atomic mass is 32.2. The predicted molar refractivity (Wildman–Crippen MR) is 177 cm³/mol. The van der Waals surface area contributed by atoms with Gasteiger partial charge in [-0.25, -0.2) is 13.1 Å². The molecule has 2 heterocycles. The average molecular weight is 615 g/mol. The van der Waals surface area contributed by atoms with E-state index < -0.39 is 10.0 Å². The minimum Gasteiger partial charge on any atom is -0.493 e. The van der Waals surface area contributed by atoms with Gasteiger partial charge in [0.1, 0.15) is 18.1 Å². The molecular formula is C37H46N2O4S. The third kappa shape index (κ3) is 7.22. The average Bonchev–Trinajstić information content (AvgIpc) is 3.51. The fourth-order valence-corrected chi connectivity index (χ4v) is 8.67. The van der Waals surface area contributed by atoms with Crippen molar-refractivity contribution < 1.29 is 17.9 Å². The van der Waals surface area contributed by atoms with Gasteiger partial charge >= 0.3 is 0 Å². The lowest BCUT2D eigenvalue weighted by Gasteiger charge is -2.45. The summed E-state index contributed by atoms with van der Waals surface area (Å²) in [6, 6.07) is 27.7.